The summed E-state index contributed by atoms with van der Waals surface area (Å²) in [7, 11) is 1.13. The first-order valence-electron chi connectivity index (χ1n) is 5.00. The molecule has 17 heavy (non-hydrogen) atoms. The van der Waals surface area contributed by atoms with Gasteiger partial charge in [0.2, 0.25) is 0 Å². The van der Waals surface area contributed by atoms with Crippen molar-refractivity contribution in [3.05, 3.63) is 35.4 Å². The fraction of sp³-hybridized carbons (Fsp3) is 0.250. The van der Waals surface area contributed by atoms with Crippen LogP contribution in [0.25, 0.3) is 0 Å². The summed E-state index contributed by atoms with van der Waals surface area (Å²) in [5.41, 5.74) is 0.498. The number of benzene rings is 1. The molecular formula is C12H12O5. The molecule has 0 aliphatic rings. The normalized spacial score (nSPS) is 9.53. The second-order valence-corrected chi connectivity index (χ2v) is 3.12. The molecule has 0 atom stereocenters. The highest BCUT2D eigenvalue weighted by Gasteiger charge is 2.17. The van der Waals surface area contributed by atoms with Crippen molar-refractivity contribution in [2.75, 3.05) is 13.7 Å². The van der Waals surface area contributed by atoms with Crippen molar-refractivity contribution in [2.45, 2.75) is 6.92 Å². The predicted octanol–water partition coefficient (Wildman–Crippen LogP) is 1.22. The SMILES string of the molecule is CCOC(=O)c1ccc(C(=O)C(=O)OC)cc1. The van der Waals surface area contributed by atoms with Gasteiger partial charge in [-0.2, -0.15) is 0 Å². The number of hydrogen-bond donors (Lipinski definition) is 0. The maximum Gasteiger partial charge on any atom is 0.379 e. The molecule has 5 nitrogen and oxygen atoms in total. The lowest BCUT2D eigenvalue weighted by atomic mass is 10.1. The molecule has 90 valence electrons. The maximum absolute atomic E-state index is 11.4. The Kier molecular flexibility index (Phi) is 4.39. The van der Waals surface area contributed by atoms with Crippen molar-refractivity contribution in [3.8, 4) is 0 Å². The highest BCUT2D eigenvalue weighted by atomic mass is 16.5. The van der Waals surface area contributed by atoms with Crippen LogP contribution < -0.4 is 0 Å². The summed E-state index contributed by atoms with van der Waals surface area (Å²) in [6, 6.07) is 5.61. The number of methoxy groups -OCH3 is 1. The van der Waals surface area contributed by atoms with E-state index in [0.717, 1.165) is 7.11 Å². The highest BCUT2D eigenvalue weighted by molar-refractivity contribution is 6.40. The molecule has 0 unspecified atom stereocenters. The third-order valence-electron chi connectivity index (χ3n) is 2.03. The van der Waals surface area contributed by atoms with Gasteiger partial charge in [-0.15, -0.1) is 0 Å². The molecule has 0 heterocycles. The summed E-state index contributed by atoms with van der Waals surface area (Å²) >= 11 is 0. The van der Waals surface area contributed by atoms with Crippen LogP contribution in [0.3, 0.4) is 0 Å². The average molecular weight is 236 g/mol. The van der Waals surface area contributed by atoms with E-state index in [2.05, 4.69) is 4.74 Å². The fourth-order valence-corrected chi connectivity index (χ4v) is 1.18. The molecule has 0 aromatic heterocycles. The molecule has 0 spiro atoms. The van der Waals surface area contributed by atoms with Gasteiger partial charge in [0.15, 0.2) is 0 Å². The van der Waals surface area contributed by atoms with E-state index in [0.29, 0.717) is 5.56 Å². The quantitative estimate of drug-likeness (QED) is 0.446. The standard InChI is InChI=1S/C12H12O5/c1-3-17-11(14)9-6-4-8(5-7-9)10(13)12(15)16-2/h4-7H,3H2,1-2H3. The van der Waals surface area contributed by atoms with Gasteiger partial charge in [-0.05, 0) is 31.2 Å². The molecule has 5 heteroatoms. The van der Waals surface area contributed by atoms with Crippen LogP contribution in [0.15, 0.2) is 24.3 Å². The summed E-state index contributed by atoms with van der Waals surface area (Å²) in [6.07, 6.45) is 0. The molecule has 1 aromatic carbocycles. The number of esters is 2. The lowest BCUT2D eigenvalue weighted by Crippen LogP contribution is -2.15. The summed E-state index contributed by atoms with van der Waals surface area (Å²) < 4.78 is 9.08. The Balaban J connectivity index is 2.85. The van der Waals surface area contributed by atoms with Crippen molar-refractivity contribution in [1.82, 2.24) is 0 Å². The van der Waals surface area contributed by atoms with Crippen LogP contribution in [0.1, 0.15) is 27.6 Å². The van der Waals surface area contributed by atoms with Gasteiger partial charge in [-0.3, -0.25) is 4.79 Å². The summed E-state index contributed by atoms with van der Waals surface area (Å²) in [5, 5.41) is 0. The van der Waals surface area contributed by atoms with E-state index in [4.69, 9.17) is 4.74 Å². The summed E-state index contributed by atoms with van der Waals surface area (Å²) in [4.78, 5) is 33.7. The predicted molar refractivity (Wildman–Crippen MR) is 58.7 cm³/mol. The average Bonchev–Trinajstić information content (AvgIpc) is 2.37. The first-order chi connectivity index (χ1) is 8.10. The van der Waals surface area contributed by atoms with Crippen LogP contribution in [-0.4, -0.2) is 31.4 Å². The number of rotatable bonds is 4. The monoisotopic (exact) mass is 236 g/mol. The molecule has 0 amide bonds. The zero-order valence-electron chi connectivity index (χ0n) is 9.56. The third-order valence-corrected chi connectivity index (χ3v) is 2.03. The molecular weight excluding hydrogens is 224 g/mol. The highest BCUT2D eigenvalue weighted by Crippen LogP contribution is 2.07. The molecule has 1 rings (SSSR count). The van der Waals surface area contributed by atoms with Crippen LogP contribution in [0.2, 0.25) is 0 Å². The van der Waals surface area contributed by atoms with Gasteiger partial charge in [0, 0.05) is 5.56 Å². The second-order valence-electron chi connectivity index (χ2n) is 3.12. The van der Waals surface area contributed by atoms with Crippen LogP contribution >= 0.6 is 0 Å². The van der Waals surface area contributed by atoms with Gasteiger partial charge in [0.25, 0.3) is 5.78 Å². The van der Waals surface area contributed by atoms with E-state index >= 15 is 0 Å². The Hall–Kier alpha value is -2.17. The van der Waals surface area contributed by atoms with Crippen LogP contribution in [-0.2, 0) is 14.3 Å². The van der Waals surface area contributed by atoms with E-state index in [1.165, 1.54) is 24.3 Å². The first-order valence-corrected chi connectivity index (χ1v) is 5.00. The Morgan fingerprint density at radius 3 is 2.06 bits per heavy atom. The zero-order chi connectivity index (χ0) is 12.8. The molecule has 0 saturated carbocycles. The molecule has 1 aromatic rings. The van der Waals surface area contributed by atoms with Gasteiger partial charge in [-0.1, -0.05) is 0 Å². The topological polar surface area (TPSA) is 69.7 Å². The molecule has 0 N–H and O–H groups in total. The minimum absolute atomic E-state index is 0.171. The van der Waals surface area contributed by atoms with E-state index < -0.39 is 17.7 Å². The van der Waals surface area contributed by atoms with Crippen LogP contribution in [0.5, 0.6) is 0 Å². The van der Waals surface area contributed by atoms with Gasteiger partial charge in [-0.25, -0.2) is 9.59 Å². The summed E-state index contributed by atoms with van der Waals surface area (Å²) in [5.74, 6) is -2.15. The van der Waals surface area contributed by atoms with Gasteiger partial charge >= 0.3 is 11.9 Å². The molecule has 0 aliphatic carbocycles. The lowest BCUT2D eigenvalue weighted by molar-refractivity contribution is -0.135. The fourth-order valence-electron chi connectivity index (χ4n) is 1.18. The number of carbonyl (C=O) groups is 3. The molecule has 0 saturated heterocycles. The van der Waals surface area contributed by atoms with Crippen molar-refractivity contribution < 1.29 is 23.9 Å². The Labute approximate surface area is 98.3 Å². The number of ketones is 1. The van der Waals surface area contributed by atoms with E-state index in [9.17, 15) is 14.4 Å². The smallest absolute Gasteiger partial charge is 0.379 e. The van der Waals surface area contributed by atoms with Crippen molar-refractivity contribution >= 4 is 17.7 Å². The number of ether oxygens (including phenoxy) is 2. The molecule has 0 bridgehead atoms. The molecule has 0 aliphatic heterocycles. The Morgan fingerprint density at radius 1 is 1.06 bits per heavy atom. The lowest BCUT2D eigenvalue weighted by Gasteiger charge is -2.02. The van der Waals surface area contributed by atoms with Gasteiger partial charge in [0.05, 0.1) is 19.3 Å². The Morgan fingerprint density at radius 2 is 1.59 bits per heavy atom. The largest absolute Gasteiger partial charge is 0.463 e. The Bertz CT molecular complexity index is 433. The number of Topliss-reactive ketones (excluding diaryl/α,β-unsaturated/α-hetero) is 1. The zero-order valence-corrected chi connectivity index (χ0v) is 9.56. The van der Waals surface area contributed by atoms with E-state index in [-0.39, 0.29) is 12.2 Å². The third kappa shape index (κ3) is 3.14. The van der Waals surface area contributed by atoms with Crippen molar-refractivity contribution in [3.63, 3.8) is 0 Å². The molecule has 0 radical (unpaired) electrons. The summed E-state index contributed by atoms with van der Waals surface area (Å²) in [6.45, 7) is 1.98. The maximum atomic E-state index is 11.4. The van der Waals surface area contributed by atoms with Crippen molar-refractivity contribution in [1.29, 1.82) is 0 Å². The number of hydrogen-bond acceptors (Lipinski definition) is 5. The molecule has 0 fully saturated rings. The van der Waals surface area contributed by atoms with Crippen LogP contribution in [0, 0.1) is 0 Å². The van der Waals surface area contributed by atoms with E-state index in [1.54, 1.807) is 6.92 Å². The van der Waals surface area contributed by atoms with Gasteiger partial charge in [0.1, 0.15) is 0 Å². The number of carbonyl (C=O) groups excluding carboxylic acids is 3. The minimum Gasteiger partial charge on any atom is -0.463 e. The first kappa shape index (κ1) is 12.9. The van der Waals surface area contributed by atoms with Gasteiger partial charge < -0.3 is 9.47 Å². The van der Waals surface area contributed by atoms with Crippen molar-refractivity contribution in [2.24, 2.45) is 0 Å². The second kappa shape index (κ2) is 5.79. The minimum atomic E-state index is -0.936. The van der Waals surface area contributed by atoms with E-state index in [1.807, 2.05) is 0 Å². The van der Waals surface area contributed by atoms with Crippen LogP contribution in [0.4, 0.5) is 0 Å².